The Morgan fingerprint density at radius 2 is 1.10 bits per heavy atom. The molecule has 9 heteroatoms. The SMILES string of the molecule is CCCCN(CCCC)C(CN(CC)CC)C1(NN(C)C)NC2(N(CCCC)CCCC)NCC(N(CCCC)CCCC)C12N(C)C. The fourth-order valence-electron chi connectivity index (χ4n) is 9.14. The van der Waals surface area contributed by atoms with E-state index in [-0.39, 0.29) is 17.4 Å². The largest absolute Gasteiger partial charge is 0.302 e. The van der Waals surface area contributed by atoms with Gasteiger partial charge in [0.05, 0.1) is 6.04 Å². The van der Waals surface area contributed by atoms with Crippen molar-refractivity contribution >= 4 is 0 Å². The first-order valence-electron chi connectivity index (χ1n) is 20.7. The first kappa shape index (κ1) is 43.8. The number of hydrogen-bond acceptors (Lipinski definition) is 9. The van der Waals surface area contributed by atoms with Crippen LogP contribution in [0.15, 0.2) is 0 Å². The average Bonchev–Trinajstić information content (AvgIpc) is 3.35. The Kier molecular flexibility index (Phi) is 20.0. The maximum absolute atomic E-state index is 4.55. The molecule has 2 rings (SSSR count). The highest BCUT2D eigenvalue weighted by atomic mass is 15.7. The van der Waals surface area contributed by atoms with Gasteiger partial charge in [-0.15, -0.1) is 0 Å². The second kappa shape index (κ2) is 21.9. The fraction of sp³-hybridized carbons (Fsp3) is 1.00. The molecule has 0 aliphatic carbocycles. The molecule has 2 heterocycles. The molecular formula is C39H85N9. The molecule has 0 aromatic heterocycles. The molecule has 5 unspecified atom stereocenters. The van der Waals surface area contributed by atoms with Gasteiger partial charge in [-0.2, -0.15) is 0 Å². The molecular weight excluding hydrogens is 594 g/mol. The Hall–Kier alpha value is -0.360. The van der Waals surface area contributed by atoms with Crippen molar-refractivity contribution in [2.75, 3.05) is 93.6 Å². The van der Waals surface area contributed by atoms with Crippen LogP contribution in [0.25, 0.3) is 0 Å². The van der Waals surface area contributed by atoms with E-state index in [1.165, 1.54) is 77.0 Å². The van der Waals surface area contributed by atoms with Gasteiger partial charge in [-0.05, 0) is 91.9 Å². The van der Waals surface area contributed by atoms with Crippen molar-refractivity contribution in [3.8, 4) is 0 Å². The topological polar surface area (TPSA) is 55.5 Å². The molecule has 2 aliphatic rings. The number of hydrazine groups is 1. The predicted molar refractivity (Wildman–Crippen MR) is 209 cm³/mol. The molecule has 286 valence electrons. The van der Waals surface area contributed by atoms with E-state index >= 15 is 0 Å². The third-order valence-corrected chi connectivity index (χ3v) is 11.6. The lowest BCUT2D eigenvalue weighted by molar-refractivity contribution is -0.276. The van der Waals surface area contributed by atoms with Crippen LogP contribution >= 0.6 is 0 Å². The lowest BCUT2D eigenvalue weighted by atomic mass is 9.60. The zero-order valence-electron chi connectivity index (χ0n) is 34.4. The maximum atomic E-state index is 4.55. The fourth-order valence-corrected chi connectivity index (χ4v) is 9.14. The van der Waals surface area contributed by atoms with Gasteiger partial charge in [0.2, 0.25) is 0 Å². The molecule has 0 saturated carbocycles. The summed E-state index contributed by atoms with van der Waals surface area (Å²) in [7, 11) is 9.26. The van der Waals surface area contributed by atoms with Crippen molar-refractivity contribution in [2.24, 2.45) is 0 Å². The number of hydrogen-bond donors (Lipinski definition) is 3. The molecule has 48 heavy (non-hydrogen) atoms. The zero-order valence-corrected chi connectivity index (χ0v) is 34.4. The quantitative estimate of drug-likeness (QED) is 0.0866. The average molecular weight is 680 g/mol. The lowest BCUT2D eigenvalue weighted by Crippen LogP contribution is -3.07. The third kappa shape index (κ3) is 9.35. The predicted octanol–water partition coefficient (Wildman–Crippen LogP) is 5.70. The van der Waals surface area contributed by atoms with Crippen LogP contribution in [0.4, 0.5) is 0 Å². The molecule has 2 saturated heterocycles. The molecule has 2 aliphatic heterocycles. The van der Waals surface area contributed by atoms with Gasteiger partial charge < -0.3 is 4.90 Å². The molecule has 3 N–H and O–H groups in total. The van der Waals surface area contributed by atoms with Gasteiger partial charge in [-0.25, -0.2) is 10.4 Å². The Bertz CT molecular complexity index is 814. The van der Waals surface area contributed by atoms with E-state index in [0.717, 1.165) is 65.4 Å². The summed E-state index contributed by atoms with van der Waals surface area (Å²) in [4.78, 5) is 14.1. The van der Waals surface area contributed by atoms with Crippen LogP contribution in [-0.2, 0) is 0 Å². The summed E-state index contributed by atoms with van der Waals surface area (Å²) in [6.07, 6.45) is 14.7. The molecule has 5 atom stereocenters. The summed E-state index contributed by atoms with van der Waals surface area (Å²) in [6, 6.07) is 0.623. The van der Waals surface area contributed by atoms with E-state index in [2.05, 4.69) is 129 Å². The number of nitrogens with one attached hydrogen (secondary N) is 3. The van der Waals surface area contributed by atoms with Crippen LogP contribution in [0.1, 0.15) is 132 Å². The minimum Gasteiger partial charge on any atom is -0.302 e. The summed E-state index contributed by atoms with van der Waals surface area (Å²) in [5.41, 5.74) is 3.64. The first-order chi connectivity index (χ1) is 23.1. The standard InChI is InChI=1S/C39H85N9/c1-13-21-27-46(28-22-14-2)35-33-40-39(48(31-25-17-5)32-26-18-6)37(35,43(9)10)38(41-39,42-44(11)12)36(34-45(19-7)20-8)47(29-23-15-3)30-24-16-4/h35-36,40-42H,13-34H2,1-12H3. The Morgan fingerprint density at radius 1 is 0.646 bits per heavy atom. The van der Waals surface area contributed by atoms with E-state index in [1.54, 1.807) is 0 Å². The van der Waals surface area contributed by atoms with Crippen molar-refractivity contribution < 1.29 is 0 Å². The number of likely N-dealkylation sites (N-methyl/N-ethyl adjacent to an activating group) is 2. The molecule has 9 nitrogen and oxygen atoms in total. The second-order valence-electron chi connectivity index (χ2n) is 15.4. The molecule has 0 spiro atoms. The second-order valence-corrected chi connectivity index (χ2v) is 15.4. The number of fused-ring (bicyclic) bond motifs is 1. The number of nitrogens with zero attached hydrogens (tertiary/aromatic N) is 6. The van der Waals surface area contributed by atoms with Crippen LogP contribution in [0.5, 0.6) is 0 Å². The monoisotopic (exact) mass is 680 g/mol. The Labute approximate surface area is 300 Å². The third-order valence-electron chi connectivity index (χ3n) is 11.6. The van der Waals surface area contributed by atoms with E-state index in [0.29, 0.717) is 6.04 Å². The van der Waals surface area contributed by atoms with Crippen molar-refractivity contribution in [3.63, 3.8) is 0 Å². The van der Waals surface area contributed by atoms with Gasteiger partial charge in [0, 0.05) is 46.3 Å². The summed E-state index contributed by atoms with van der Waals surface area (Å²) in [5.74, 6) is -0.339. The van der Waals surface area contributed by atoms with Crippen LogP contribution in [0, 0.1) is 0 Å². The van der Waals surface area contributed by atoms with Crippen molar-refractivity contribution in [3.05, 3.63) is 0 Å². The Morgan fingerprint density at radius 3 is 1.52 bits per heavy atom. The molecule has 2 fully saturated rings. The lowest BCUT2D eigenvalue weighted by Gasteiger charge is -2.77. The smallest absolute Gasteiger partial charge is 0.151 e. The number of unbranched alkanes of at least 4 members (excludes halogenated alkanes) is 6. The van der Waals surface area contributed by atoms with Gasteiger partial charge in [0.15, 0.2) is 5.79 Å². The normalized spacial score (nSPS) is 26.5. The molecule has 0 amide bonds. The summed E-state index contributed by atoms with van der Waals surface area (Å²) in [6.45, 7) is 29.8. The van der Waals surface area contributed by atoms with Crippen molar-refractivity contribution in [1.82, 2.24) is 45.6 Å². The molecule has 0 aromatic rings. The van der Waals surface area contributed by atoms with Crippen molar-refractivity contribution in [1.29, 1.82) is 0 Å². The van der Waals surface area contributed by atoms with E-state index in [9.17, 15) is 0 Å². The van der Waals surface area contributed by atoms with Crippen LogP contribution in [-0.4, -0.2) is 152 Å². The van der Waals surface area contributed by atoms with E-state index in [1.807, 2.05) is 0 Å². The Balaban J connectivity index is 3.03. The van der Waals surface area contributed by atoms with Crippen LogP contribution < -0.4 is 16.1 Å². The van der Waals surface area contributed by atoms with Crippen LogP contribution in [0.3, 0.4) is 0 Å². The zero-order chi connectivity index (χ0) is 35.8. The minimum absolute atomic E-state index is 0.248. The van der Waals surface area contributed by atoms with Gasteiger partial charge in [0.25, 0.3) is 0 Å². The van der Waals surface area contributed by atoms with Crippen LogP contribution in [0.2, 0.25) is 0 Å². The van der Waals surface area contributed by atoms with Gasteiger partial charge in [-0.1, -0.05) is 93.9 Å². The van der Waals surface area contributed by atoms with E-state index in [4.69, 9.17) is 0 Å². The van der Waals surface area contributed by atoms with Crippen molar-refractivity contribution in [2.45, 2.75) is 162 Å². The number of rotatable bonds is 29. The maximum Gasteiger partial charge on any atom is 0.151 e. The van der Waals surface area contributed by atoms with E-state index < -0.39 is 5.66 Å². The summed E-state index contributed by atoms with van der Waals surface area (Å²) in [5, 5.41) is 11.1. The molecule has 0 bridgehead atoms. The summed E-state index contributed by atoms with van der Waals surface area (Å²) >= 11 is 0. The highest BCUT2D eigenvalue weighted by Crippen LogP contribution is 2.56. The minimum atomic E-state index is -0.397. The summed E-state index contributed by atoms with van der Waals surface area (Å²) < 4.78 is 0. The molecule has 0 radical (unpaired) electrons. The highest BCUT2D eigenvalue weighted by Gasteiger charge is 2.85. The first-order valence-corrected chi connectivity index (χ1v) is 20.7. The molecule has 0 aromatic carbocycles. The van der Waals surface area contributed by atoms with Gasteiger partial charge in [0.1, 0.15) is 11.2 Å². The van der Waals surface area contributed by atoms with Gasteiger partial charge in [-0.3, -0.25) is 30.2 Å². The highest BCUT2D eigenvalue weighted by molar-refractivity contribution is 5.40. The van der Waals surface area contributed by atoms with Gasteiger partial charge >= 0.3 is 0 Å².